The lowest BCUT2D eigenvalue weighted by molar-refractivity contribution is -0.125. The molecule has 0 radical (unpaired) electrons. The summed E-state index contributed by atoms with van der Waals surface area (Å²) in [6.07, 6.45) is 4.53. The molecular weight excluding hydrogens is 448 g/mol. The van der Waals surface area contributed by atoms with Crippen LogP contribution in [0, 0.1) is 16.7 Å². The smallest absolute Gasteiger partial charge is 0.413 e. The van der Waals surface area contributed by atoms with Crippen LogP contribution in [0.2, 0.25) is 0 Å². The molecule has 0 spiro atoms. The Morgan fingerprint density at radius 3 is 2.63 bits per heavy atom. The van der Waals surface area contributed by atoms with Gasteiger partial charge in [0, 0.05) is 25.7 Å². The highest BCUT2D eigenvalue weighted by Crippen LogP contribution is 2.33. The highest BCUT2D eigenvalue weighted by Gasteiger charge is 2.43. The quantitative estimate of drug-likeness (QED) is 0.448. The van der Waals surface area contributed by atoms with Crippen molar-refractivity contribution in [3.63, 3.8) is 0 Å². The van der Waals surface area contributed by atoms with Crippen molar-refractivity contribution in [2.24, 2.45) is 10.4 Å². The maximum Gasteiger partial charge on any atom is 0.413 e. The molecule has 0 aromatic heterocycles. The van der Waals surface area contributed by atoms with Gasteiger partial charge < -0.3 is 24.6 Å². The summed E-state index contributed by atoms with van der Waals surface area (Å²) in [7, 11) is 0. The number of alkyl carbamates (subject to hydrolysis) is 1. The first-order valence-corrected chi connectivity index (χ1v) is 13.0. The number of fused-ring (bicyclic) bond motifs is 1. The van der Waals surface area contributed by atoms with E-state index < -0.39 is 17.7 Å². The van der Waals surface area contributed by atoms with Crippen molar-refractivity contribution in [3.8, 4) is 6.07 Å². The van der Waals surface area contributed by atoms with Crippen LogP contribution in [0.25, 0.3) is 0 Å². The monoisotopic (exact) mass is 490 g/mol. The lowest BCUT2D eigenvalue weighted by Gasteiger charge is -2.46. The molecule has 0 bridgehead atoms. The summed E-state index contributed by atoms with van der Waals surface area (Å²) in [4.78, 5) is 35.1. The molecule has 0 aliphatic carbocycles. The van der Waals surface area contributed by atoms with Crippen LogP contribution in [0.3, 0.4) is 0 Å². The number of nitrogens with one attached hydrogen (secondary N) is 2. The molecule has 3 aliphatic rings. The molecule has 3 heterocycles. The van der Waals surface area contributed by atoms with E-state index in [0.717, 1.165) is 25.9 Å². The average molecular weight is 491 g/mol. The van der Waals surface area contributed by atoms with Gasteiger partial charge in [0.15, 0.2) is 0 Å². The van der Waals surface area contributed by atoms with Crippen LogP contribution in [-0.4, -0.2) is 91.4 Å². The number of rotatable bonds is 5. The van der Waals surface area contributed by atoms with E-state index in [9.17, 15) is 14.9 Å². The predicted octanol–water partition coefficient (Wildman–Crippen LogP) is 2.25. The van der Waals surface area contributed by atoms with Crippen LogP contribution in [-0.2, 0) is 14.3 Å². The van der Waals surface area contributed by atoms with Gasteiger partial charge in [-0.15, -0.1) is 0 Å². The Morgan fingerprint density at radius 1 is 1.23 bits per heavy atom. The van der Waals surface area contributed by atoms with Crippen molar-refractivity contribution in [2.45, 2.75) is 83.8 Å². The Labute approximate surface area is 209 Å². The van der Waals surface area contributed by atoms with E-state index in [-0.39, 0.29) is 17.9 Å². The normalized spacial score (nSPS) is 26.8. The van der Waals surface area contributed by atoms with Crippen LogP contribution in [0.4, 0.5) is 4.79 Å². The van der Waals surface area contributed by atoms with Gasteiger partial charge in [-0.2, -0.15) is 5.26 Å². The maximum absolute atomic E-state index is 13.7. The molecule has 2 N–H and O–H groups in total. The number of carbonyl (C=O) groups is 2. The number of morpholine rings is 1. The molecule has 3 atom stereocenters. The summed E-state index contributed by atoms with van der Waals surface area (Å²) in [5, 5.41) is 16.0. The summed E-state index contributed by atoms with van der Waals surface area (Å²) in [6, 6.07) is 2.01. The van der Waals surface area contributed by atoms with Gasteiger partial charge in [-0.3, -0.25) is 10.1 Å². The van der Waals surface area contributed by atoms with E-state index in [1.54, 1.807) is 6.92 Å². The minimum absolute atomic E-state index is 0.196. The Hall–Kier alpha value is -2.38. The molecule has 0 saturated carbocycles. The van der Waals surface area contributed by atoms with Crippen molar-refractivity contribution >= 4 is 18.0 Å². The van der Waals surface area contributed by atoms with Crippen LogP contribution in [0.15, 0.2) is 4.99 Å². The maximum atomic E-state index is 13.7. The first-order chi connectivity index (χ1) is 16.6. The van der Waals surface area contributed by atoms with E-state index in [1.165, 1.54) is 6.42 Å². The van der Waals surface area contributed by atoms with E-state index in [2.05, 4.69) is 42.4 Å². The molecule has 10 heteroatoms. The number of nitriles is 1. The molecule has 3 fully saturated rings. The van der Waals surface area contributed by atoms with Crippen molar-refractivity contribution in [2.75, 3.05) is 46.0 Å². The highest BCUT2D eigenvalue weighted by atomic mass is 16.5. The summed E-state index contributed by atoms with van der Waals surface area (Å²) < 4.78 is 10.5. The zero-order valence-electron chi connectivity index (χ0n) is 21.8. The molecule has 3 rings (SSSR count). The molecule has 0 aromatic rings. The number of nitrogens with zero attached hydrogens (tertiary/aromatic N) is 4. The molecule has 2 amide bonds. The Balaban J connectivity index is 1.83. The third kappa shape index (κ3) is 7.80. The van der Waals surface area contributed by atoms with Crippen molar-refractivity contribution in [1.29, 1.82) is 5.26 Å². The van der Waals surface area contributed by atoms with E-state index >= 15 is 0 Å². The van der Waals surface area contributed by atoms with Gasteiger partial charge in [-0.1, -0.05) is 27.2 Å². The highest BCUT2D eigenvalue weighted by molar-refractivity contribution is 5.96. The predicted molar refractivity (Wildman–Crippen MR) is 133 cm³/mol. The number of aliphatic imine (C=N–C) groups is 1. The third-order valence-corrected chi connectivity index (χ3v) is 6.92. The van der Waals surface area contributed by atoms with Crippen molar-refractivity contribution < 1.29 is 19.1 Å². The second-order valence-electron chi connectivity index (χ2n) is 11.0. The molecular formula is C25H42N6O4. The van der Waals surface area contributed by atoms with Gasteiger partial charge in [0.2, 0.25) is 11.9 Å². The van der Waals surface area contributed by atoms with Gasteiger partial charge in [0.25, 0.3) is 0 Å². The molecule has 3 saturated heterocycles. The molecule has 35 heavy (non-hydrogen) atoms. The summed E-state index contributed by atoms with van der Waals surface area (Å²) in [5.74, 6) is 0.0337. The molecule has 10 nitrogen and oxygen atoms in total. The zero-order chi connectivity index (χ0) is 25.5. The lowest BCUT2D eigenvalue weighted by atomic mass is 9.80. The fourth-order valence-electron chi connectivity index (χ4n) is 5.14. The first kappa shape index (κ1) is 27.2. The molecule has 3 unspecified atom stereocenters. The number of ether oxygens (including phenoxy) is 2. The second kappa shape index (κ2) is 12.0. The van der Waals surface area contributed by atoms with Crippen LogP contribution in [0.1, 0.15) is 66.2 Å². The zero-order valence-corrected chi connectivity index (χ0v) is 21.8. The number of guanidine groups is 1. The van der Waals surface area contributed by atoms with Crippen molar-refractivity contribution in [3.05, 3.63) is 0 Å². The fourth-order valence-corrected chi connectivity index (χ4v) is 5.14. The Kier molecular flexibility index (Phi) is 9.36. The second-order valence-corrected chi connectivity index (χ2v) is 11.0. The Morgan fingerprint density at radius 2 is 1.97 bits per heavy atom. The largest absolute Gasteiger partial charge is 0.450 e. The van der Waals surface area contributed by atoms with Crippen LogP contribution in [0.5, 0.6) is 0 Å². The fraction of sp³-hybridized carbons (Fsp3) is 0.840. The summed E-state index contributed by atoms with van der Waals surface area (Å²) >= 11 is 0. The number of hydrogen-bond donors (Lipinski definition) is 2. The third-order valence-electron chi connectivity index (χ3n) is 6.92. The van der Waals surface area contributed by atoms with E-state index in [1.807, 2.05) is 4.90 Å². The average Bonchev–Trinajstić information content (AvgIpc) is 2.83. The molecule has 0 aromatic carbocycles. The van der Waals surface area contributed by atoms with Gasteiger partial charge >= 0.3 is 6.09 Å². The van der Waals surface area contributed by atoms with Crippen LogP contribution < -0.4 is 10.6 Å². The van der Waals surface area contributed by atoms with Gasteiger partial charge in [-0.05, 0) is 51.0 Å². The Bertz CT molecular complexity index is 814. The lowest BCUT2D eigenvalue weighted by Crippen LogP contribution is -2.60. The number of piperidine rings is 2. The number of carbonyl (C=O) groups excluding carboxylic acids is 2. The number of hydrogen-bond acceptors (Lipinski definition) is 7. The summed E-state index contributed by atoms with van der Waals surface area (Å²) in [6.45, 7) is 12.1. The van der Waals surface area contributed by atoms with Crippen molar-refractivity contribution in [1.82, 2.24) is 20.4 Å². The molecule has 196 valence electrons. The summed E-state index contributed by atoms with van der Waals surface area (Å²) in [5.41, 5.74) is -1.09. The van der Waals surface area contributed by atoms with Gasteiger partial charge in [0.1, 0.15) is 11.6 Å². The topological polar surface area (TPSA) is 119 Å². The SMILES string of the molecule is CCOC(=O)NC(=NC(CC(C)(C)C)C(=O)NC1(C#N)CCN2CCCCC2C1)N1CCOCC1. The minimum Gasteiger partial charge on any atom is -0.450 e. The molecule has 3 aliphatic heterocycles. The van der Waals surface area contributed by atoms with Crippen LogP contribution >= 0.6 is 0 Å². The van der Waals surface area contributed by atoms with Gasteiger partial charge in [-0.25, -0.2) is 9.79 Å². The van der Waals surface area contributed by atoms with E-state index in [4.69, 9.17) is 14.5 Å². The van der Waals surface area contributed by atoms with E-state index in [0.29, 0.717) is 57.6 Å². The first-order valence-electron chi connectivity index (χ1n) is 13.0. The standard InChI is InChI=1S/C25H42N6O4/c1-5-35-23(33)28-22(31-12-14-34-15-13-31)27-20(17-24(2,3)4)21(32)29-25(18-26)9-11-30-10-7-6-8-19(30)16-25/h19-20H,5-17H2,1-4H3,(H,29,32)(H,27,28,33). The number of amides is 2. The van der Waals surface area contributed by atoms with Gasteiger partial charge in [0.05, 0.1) is 25.9 Å². The minimum atomic E-state index is -0.894.